The van der Waals surface area contributed by atoms with Gasteiger partial charge >= 0.3 is 0 Å². The maximum Gasteiger partial charge on any atom is 0.224 e. The van der Waals surface area contributed by atoms with Crippen LogP contribution in [0.3, 0.4) is 0 Å². The first-order valence-electron chi connectivity index (χ1n) is 3.79. The van der Waals surface area contributed by atoms with Gasteiger partial charge in [0.25, 0.3) is 0 Å². The Bertz CT molecular complexity index is 284. The average molecular weight is 162 g/mol. The summed E-state index contributed by atoms with van der Waals surface area (Å²) in [5.41, 5.74) is 3.09. The van der Waals surface area contributed by atoms with Crippen molar-refractivity contribution in [2.75, 3.05) is 5.32 Å². The summed E-state index contributed by atoms with van der Waals surface area (Å²) in [6, 6.07) is 5.88. The van der Waals surface area contributed by atoms with Gasteiger partial charge in [0.15, 0.2) is 0 Å². The van der Waals surface area contributed by atoms with Crippen LogP contribution >= 0.6 is 0 Å². The highest BCUT2D eigenvalue weighted by Crippen LogP contribution is 2.13. The van der Waals surface area contributed by atoms with Crippen LogP contribution in [0.25, 0.3) is 0 Å². The van der Waals surface area contributed by atoms with Crippen molar-refractivity contribution in [3.63, 3.8) is 0 Å². The second kappa shape index (κ2) is 3.39. The van der Waals surface area contributed by atoms with E-state index in [1.54, 1.807) is 0 Å². The maximum atomic E-state index is 10.6. The van der Waals surface area contributed by atoms with Crippen LogP contribution in [0.15, 0.2) is 18.2 Å². The van der Waals surface area contributed by atoms with Gasteiger partial charge in [0.1, 0.15) is 0 Å². The summed E-state index contributed by atoms with van der Waals surface area (Å²) in [6.07, 6.45) is 0. The van der Waals surface area contributed by atoms with E-state index in [1.165, 1.54) is 0 Å². The predicted octanol–water partition coefficient (Wildman–Crippen LogP) is 2.08. The lowest BCUT2D eigenvalue weighted by Gasteiger charge is -2.04. The molecular formula is C10H12NO. The summed E-state index contributed by atoms with van der Waals surface area (Å²) >= 11 is 0. The molecule has 0 aliphatic carbocycles. The molecule has 0 bridgehead atoms. The fourth-order valence-corrected chi connectivity index (χ4v) is 1.21. The highest BCUT2D eigenvalue weighted by Gasteiger charge is 1.96. The number of benzene rings is 1. The minimum atomic E-state index is -0.278. The van der Waals surface area contributed by atoms with Crippen LogP contribution in [-0.4, -0.2) is 5.91 Å². The van der Waals surface area contributed by atoms with Crippen molar-refractivity contribution in [1.82, 2.24) is 0 Å². The molecule has 1 radical (unpaired) electrons. The molecule has 0 spiro atoms. The molecule has 0 fully saturated rings. The highest BCUT2D eigenvalue weighted by molar-refractivity contribution is 5.93. The zero-order valence-corrected chi connectivity index (χ0v) is 7.35. The van der Waals surface area contributed by atoms with Gasteiger partial charge in [-0.2, -0.15) is 0 Å². The molecule has 12 heavy (non-hydrogen) atoms. The molecule has 0 aliphatic heterocycles. The van der Waals surface area contributed by atoms with Gasteiger partial charge in [-0.1, -0.05) is 6.07 Å². The fraction of sp³-hybridized carbons (Fsp3) is 0.200. The van der Waals surface area contributed by atoms with Crippen LogP contribution in [0.4, 0.5) is 5.69 Å². The Hall–Kier alpha value is -1.31. The Morgan fingerprint density at radius 1 is 1.25 bits per heavy atom. The van der Waals surface area contributed by atoms with E-state index in [0.717, 1.165) is 16.8 Å². The van der Waals surface area contributed by atoms with Gasteiger partial charge in [-0.3, -0.25) is 4.79 Å². The summed E-state index contributed by atoms with van der Waals surface area (Å²) in [5, 5.41) is 2.64. The topological polar surface area (TPSA) is 29.1 Å². The lowest BCUT2D eigenvalue weighted by Crippen LogP contribution is -2.06. The second-order valence-corrected chi connectivity index (χ2v) is 2.92. The van der Waals surface area contributed by atoms with E-state index < -0.39 is 0 Å². The summed E-state index contributed by atoms with van der Waals surface area (Å²) in [4.78, 5) is 10.6. The molecule has 1 aromatic rings. The highest BCUT2D eigenvalue weighted by atomic mass is 16.1. The first-order chi connectivity index (χ1) is 5.58. The Morgan fingerprint density at radius 2 is 1.75 bits per heavy atom. The number of rotatable bonds is 1. The first kappa shape index (κ1) is 8.78. The van der Waals surface area contributed by atoms with E-state index in [-0.39, 0.29) is 5.91 Å². The molecule has 2 heteroatoms. The molecule has 2 nitrogen and oxygen atoms in total. The first-order valence-corrected chi connectivity index (χ1v) is 3.79. The number of amides is 1. The Kier molecular flexibility index (Phi) is 2.48. The summed E-state index contributed by atoms with van der Waals surface area (Å²) in [5.74, 6) is -0.278. The van der Waals surface area contributed by atoms with Gasteiger partial charge in [0.05, 0.1) is 0 Å². The Balaban J connectivity index is 2.93. The minimum Gasteiger partial charge on any atom is -0.326 e. The van der Waals surface area contributed by atoms with Gasteiger partial charge < -0.3 is 5.32 Å². The van der Waals surface area contributed by atoms with E-state index in [9.17, 15) is 4.79 Å². The van der Waals surface area contributed by atoms with Gasteiger partial charge in [0.2, 0.25) is 5.91 Å². The second-order valence-electron chi connectivity index (χ2n) is 2.92. The van der Waals surface area contributed by atoms with Crippen LogP contribution in [0, 0.1) is 20.8 Å². The van der Waals surface area contributed by atoms with Crippen molar-refractivity contribution in [2.24, 2.45) is 0 Å². The van der Waals surface area contributed by atoms with Crippen LogP contribution in [0.5, 0.6) is 0 Å². The molecule has 1 amide bonds. The molecule has 63 valence electrons. The van der Waals surface area contributed by atoms with E-state index in [1.807, 2.05) is 26.0 Å². The average Bonchev–Trinajstić information content (AvgIpc) is 1.81. The summed E-state index contributed by atoms with van der Waals surface area (Å²) in [7, 11) is 0. The molecule has 0 heterocycles. The van der Waals surface area contributed by atoms with Gasteiger partial charge in [0, 0.05) is 12.6 Å². The van der Waals surface area contributed by atoms with Gasteiger partial charge in [-0.05, 0) is 37.1 Å². The van der Waals surface area contributed by atoms with E-state index in [2.05, 4.69) is 18.3 Å². The van der Waals surface area contributed by atoms with Crippen molar-refractivity contribution < 1.29 is 4.79 Å². The van der Waals surface area contributed by atoms with Crippen LogP contribution in [0.2, 0.25) is 0 Å². The number of hydrogen-bond donors (Lipinski definition) is 1. The van der Waals surface area contributed by atoms with Crippen molar-refractivity contribution in [2.45, 2.75) is 13.8 Å². The zero-order chi connectivity index (χ0) is 9.14. The van der Waals surface area contributed by atoms with Crippen molar-refractivity contribution in [3.8, 4) is 0 Å². The number of carbonyl (C=O) groups excluding carboxylic acids is 1. The molecule has 0 aromatic heterocycles. The predicted molar refractivity (Wildman–Crippen MR) is 49.9 cm³/mol. The third-order valence-corrected chi connectivity index (χ3v) is 1.51. The van der Waals surface area contributed by atoms with Crippen LogP contribution < -0.4 is 5.32 Å². The quantitative estimate of drug-likeness (QED) is 0.673. The molecule has 0 unspecified atom stereocenters. The van der Waals surface area contributed by atoms with E-state index in [0.29, 0.717) is 0 Å². The molecule has 0 saturated heterocycles. The number of hydrogen-bond acceptors (Lipinski definition) is 1. The minimum absolute atomic E-state index is 0.278. The third kappa shape index (κ3) is 2.38. The lowest BCUT2D eigenvalue weighted by atomic mass is 10.1. The van der Waals surface area contributed by atoms with Crippen molar-refractivity contribution in [1.29, 1.82) is 0 Å². The molecule has 0 saturated carbocycles. The van der Waals surface area contributed by atoms with Crippen molar-refractivity contribution >= 4 is 11.6 Å². The smallest absolute Gasteiger partial charge is 0.224 e. The largest absolute Gasteiger partial charge is 0.326 e. The van der Waals surface area contributed by atoms with Gasteiger partial charge in [-0.25, -0.2) is 0 Å². The molecule has 1 rings (SSSR count). The molecule has 1 aromatic carbocycles. The number of aryl methyl sites for hydroxylation is 2. The van der Waals surface area contributed by atoms with E-state index >= 15 is 0 Å². The molecule has 0 aliphatic rings. The van der Waals surface area contributed by atoms with Crippen LogP contribution in [-0.2, 0) is 4.79 Å². The molecular weight excluding hydrogens is 150 g/mol. The van der Waals surface area contributed by atoms with Crippen molar-refractivity contribution in [3.05, 3.63) is 36.2 Å². The SMILES string of the molecule is [CH2]C(=O)Nc1cc(C)cc(C)c1. The third-order valence-electron chi connectivity index (χ3n) is 1.51. The van der Waals surface area contributed by atoms with Crippen LogP contribution in [0.1, 0.15) is 11.1 Å². The Labute approximate surface area is 72.6 Å². The Morgan fingerprint density at radius 3 is 2.17 bits per heavy atom. The maximum absolute atomic E-state index is 10.6. The lowest BCUT2D eigenvalue weighted by molar-refractivity contribution is -0.112. The zero-order valence-electron chi connectivity index (χ0n) is 7.35. The summed E-state index contributed by atoms with van der Waals surface area (Å²) < 4.78 is 0. The van der Waals surface area contributed by atoms with Gasteiger partial charge in [-0.15, -0.1) is 0 Å². The fourth-order valence-electron chi connectivity index (χ4n) is 1.21. The number of anilines is 1. The molecule has 1 N–H and O–H groups in total. The normalized spacial score (nSPS) is 9.58. The standard InChI is InChI=1S/C10H12NO/c1-7-4-8(2)6-10(5-7)11-9(3)12/h4-6H,3H2,1-2H3,(H,11,12). The number of carbonyl (C=O) groups is 1. The summed E-state index contributed by atoms with van der Waals surface area (Å²) in [6.45, 7) is 7.23. The van der Waals surface area contributed by atoms with E-state index in [4.69, 9.17) is 0 Å². The molecule has 0 atom stereocenters. The monoisotopic (exact) mass is 162 g/mol. The number of nitrogens with one attached hydrogen (secondary N) is 1.